The summed E-state index contributed by atoms with van der Waals surface area (Å²) < 4.78 is 0. The lowest BCUT2D eigenvalue weighted by Gasteiger charge is -2.23. The van der Waals surface area contributed by atoms with Crippen LogP contribution in [0.25, 0.3) is 0 Å². The van der Waals surface area contributed by atoms with Crippen molar-refractivity contribution in [2.45, 2.75) is 33.7 Å². The molecule has 1 amide bonds. The Hall–Kier alpha value is -1.84. The average molecular weight is 262 g/mol. The van der Waals surface area contributed by atoms with E-state index >= 15 is 0 Å². The topological polar surface area (TPSA) is 49.4 Å². The molecule has 0 atom stereocenters. The van der Waals surface area contributed by atoms with E-state index in [2.05, 4.69) is 5.32 Å². The number of carbonyl (C=O) groups excluding carboxylic acids is 2. The molecule has 0 fully saturated rings. The smallest absolute Gasteiger partial charge is 0.239 e. The number of aldehydes is 1. The number of hydrogen-bond acceptors (Lipinski definition) is 3. The second-order valence-electron chi connectivity index (χ2n) is 4.90. The van der Waals surface area contributed by atoms with Gasteiger partial charge in [0.15, 0.2) is 0 Å². The summed E-state index contributed by atoms with van der Waals surface area (Å²) >= 11 is 0. The van der Waals surface area contributed by atoms with E-state index in [-0.39, 0.29) is 11.9 Å². The molecule has 1 N–H and O–H groups in total. The minimum Gasteiger partial charge on any atom is -0.362 e. The summed E-state index contributed by atoms with van der Waals surface area (Å²) in [6, 6.07) is 5.75. The largest absolute Gasteiger partial charge is 0.362 e. The molecule has 1 aromatic rings. The fourth-order valence-electron chi connectivity index (χ4n) is 1.92. The fourth-order valence-corrected chi connectivity index (χ4v) is 1.92. The van der Waals surface area contributed by atoms with Gasteiger partial charge in [-0.15, -0.1) is 0 Å². The highest BCUT2D eigenvalue weighted by Gasteiger charge is 2.11. The van der Waals surface area contributed by atoms with Crippen LogP contribution >= 0.6 is 0 Å². The molecule has 0 spiro atoms. The molecule has 0 saturated heterocycles. The van der Waals surface area contributed by atoms with Crippen LogP contribution in [0.4, 0.5) is 5.69 Å². The van der Waals surface area contributed by atoms with Gasteiger partial charge in [0.05, 0.1) is 6.54 Å². The van der Waals surface area contributed by atoms with Crippen molar-refractivity contribution in [1.29, 1.82) is 0 Å². The zero-order valence-electron chi connectivity index (χ0n) is 12.1. The predicted molar refractivity (Wildman–Crippen MR) is 77.7 cm³/mol. The van der Waals surface area contributed by atoms with E-state index in [1.54, 1.807) is 6.07 Å². The molecule has 0 heterocycles. The molecule has 0 saturated carbocycles. The first-order valence-corrected chi connectivity index (χ1v) is 6.58. The third kappa shape index (κ3) is 4.39. The lowest BCUT2D eigenvalue weighted by molar-refractivity contribution is -0.120. The number of aryl methyl sites for hydroxylation is 1. The number of likely N-dealkylation sites (N-methyl/N-ethyl adjacent to an activating group) is 1. The van der Waals surface area contributed by atoms with E-state index in [9.17, 15) is 9.59 Å². The fraction of sp³-hybridized carbons (Fsp3) is 0.467. The molecule has 0 bridgehead atoms. The number of benzene rings is 1. The number of rotatable bonds is 6. The predicted octanol–water partition coefficient (Wildman–Crippen LogP) is 2.16. The number of carbonyl (C=O) groups is 2. The summed E-state index contributed by atoms with van der Waals surface area (Å²) in [7, 11) is 0. The Morgan fingerprint density at radius 3 is 2.58 bits per heavy atom. The van der Waals surface area contributed by atoms with Crippen LogP contribution in [0.5, 0.6) is 0 Å². The first-order chi connectivity index (χ1) is 8.97. The van der Waals surface area contributed by atoms with Crippen molar-refractivity contribution in [1.82, 2.24) is 5.32 Å². The number of hydrogen-bond donors (Lipinski definition) is 1. The molecule has 0 radical (unpaired) electrons. The van der Waals surface area contributed by atoms with E-state index in [1.807, 2.05) is 44.7 Å². The van der Waals surface area contributed by atoms with Gasteiger partial charge in [-0.2, -0.15) is 0 Å². The van der Waals surface area contributed by atoms with Crippen LogP contribution in [-0.4, -0.2) is 31.3 Å². The van der Waals surface area contributed by atoms with Crippen LogP contribution < -0.4 is 10.2 Å². The zero-order valence-corrected chi connectivity index (χ0v) is 12.1. The van der Waals surface area contributed by atoms with Crippen LogP contribution in [0.2, 0.25) is 0 Å². The third-order valence-electron chi connectivity index (χ3n) is 2.91. The summed E-state index contributed by atoms with van der Waals surface area (Å²) in [4.78, 5) is 24.6. The van der Waals surface area contributed by atoms with E-state index in [0.717, 1.165) is 24.1 Å². The summed E-state index contributed by atoms with van der Waals surface area (Å²) in [5, 5.41) is 2.88. The van der Waals surface area contributed by atoms with Crippen molar-refractivity contribution in [3.8, 4) is 0 Å². The Morgan fingerprint density at radius 1 is 1.42 bits per heavy atom. The van der Waals surface area contributed by atoms with Crippen molar-refractivity contribution < 1.29 is 9.59 Å². The van der Waals surface area contributed by atoms with Crippen molar-refractivity contribution in [2.75, 3.05) is 18.0 Å². The molecule has 0 aliphatic rings. The number of nitrogens with zero attached hydrogens (tertiary/aromatic N) is 1. The molecule has 1 aromatic carbocycles. The van der Waals surface area contributed by atoms with E-state index in [0.29, 0.717) is 12.1 Å². The van der Waals surface area contributed by atoms with Crippen molar-refractivity contribution in [3.05, 3.63) is 29.3 Å². The molecule has 0 aliphatic heterocycles. The Bertz CT molecular complexity index is 455. The summed E-state index contributed by atoms with van der Waals surface area (Å²) in [5.41, 5.74) is 2.58. The zero-order chi connectivity index (χ0) is 14.4. The second kappa shape index (κ2) is 6.92. The second-order valence-corrected chi connectivity index (χ2v) is 4.90. The molecule has 0 aromatic heterocycles. The van der Waals surface area contributed by atoms with Gasteiger partial charge in [-0.05, 0) is 51.5 Å². The minimum absolute atomic E-state index is 0.00830. The maximum absolute atomic E-state index is 11.8. The Morgan fingerprint density at radius 2 is 2.11 bits per heavy atom. The van der Waals surface area contributed by atoms with E-state index in [4.69, 9.17) is 0 Å². The molecule has 0 unspecified atom stereocenters. The average Bonchev–Trinajstić information content (AvgIpc) is 2.35. The van der Waals surface area contributed by atoms with E-state index < -0.39 is 0 Å². The maximum Gasteiger partial charge on any atom is 0.239 e. The Kier molecular flexibility index (Phi) is 5.55. The highest BCUT2D eigenvalue weighted by Crippen LogP contribution is 2.18. The Balaban J connectivity index is 2.82. The lowest BCUT2D eigenvalue weighted by Crippen LogP contribution is -2.40. The summed E-state index contributed by atoms with van der Waals surface area (Å²) in [6.07, 6.45) is 0.848. The lowest BCUT2D eigenvalue weighted by atomic mass is 10.1. The van der Waals surface area contributed by atoms with Gasteiger partial charge in [0.1, 0.15) is 6.29 Å². The van der Waals surface area contributed by atoms with Gasteiger partial charge in [0, 0.05) is 23.8 Å². The number of anilines is 1. The van der Waals surface area contributed by atoms with Crippen LogP contribution in [0, 0.1) is 6.92 Å². The standard InChI is InChI=1S/C15H22N2O2/c1-5-17(9-15(19)16-11(2)3)14-7-6-13(10-18)12(4)8-14/h6-8,10-11H,5,9H2,1-4H3,(H,16,19). The molecule has 19 heavy (non-hydrogen) atoms. The highest BCUT2D eigenvalue weighted by molar-refractivity contribution is 5.82. The third-order valence-corrected chi connectivity index (χ3v) is 2.91. The van der Waals surface area contributed by atoms with Gasteiger partial charge in [0.25, 0.3) is 0 Å². The van der Waals surface area contributed by atoms with Gasteiger partial charge < -0.3 is 10.2 Å². The molecule has 0 aliphatic carbocycles. The van der Waals surface area contributed by atoms with Gasteiger partial charge in [0.2, 0.25) is 5.91 Å². The van der Waals surface area contributed by atoms with E-state index in [1.165, 1.54) is 0 Å². The van der Waals surface area contributed by atoms with Crippen LogP contribution in [-0.2, 0) is 4.79 Å². The van der Waals surface area contributed by atoms with Gasteiger partial charge in [-0.3, -0.25) is 9.59 Å². The molecule has 1 rings (SSSR count). The van der Waals surface area contributed by atoms with Crippen molar-refractivity contribution >= 4 is 17.9 Å². The Labute approximate surface area is 114 Å². The quantitative estimate of drug-likeness (QED) is 0.799. The van der Waals surface area contributed by atoms with Crippen LogP contribution in [0.15, 0.2) is 18.2 Å². The molecular weight excluding hydrogens is 240 g/mol. The van der Waals surface area contributed by atoms with Crippen molar-refractivity contribution in [2.24, 2.45) is 0 Å². The normalized spacial score (nSPS) is 10.4. The highest BCUT2D eigenvalue weighted by atomic mass is 16.2. The molecule has 4 nitrogen and oxygen atoms in total. The minimum atomic E-state index is 0.00830. The van der Waals surface area contributed by atoms with Crippen LogP contribution in [0.1, 0.15) is 36.7 Å². The monoisotopic (exact) mass is 262 g/mol. The molecule has 104 valence electrons. The van der Waals surface area contributed by atoms with Gasteiger partial charge >= 0.3 is 0 Å². The first-order valence-electron chi connectivity index (χ1n) is 6.58. The summed E-state index contributed by atoms with van der Waals surface area (Å²) in [6.45, 7) is 8.86. The van der Waals surface area contributed by atoms with Gasteiger partial charge in [-0.1, -0.05) is 0 Å². The maximum atomic E-state index is 11.8. The number of nitrogens with one attached hydrogen (secondary N) is 1. The van der Waals surface area contributed by atoms with Gasteiger partial charge in [-0.25, -0.2) is 0 Å². The van der Waals surface area contributed by atoms with Crippen LogP contribution in [0.3, 0.4) is 0 Å². The first kappa shape index (κ1) is 15.2. The molecule has 4 heteroatoms. The summed E-state index contributed by atoms with van der Waals surface area (Å²) in [5.74, 6) is 0.00830. The number of amides is 1. The molecular formula is C15H22N2O2. The van der Waals surface area contributed by atoms with Crippen molar-refractivity contribution in [3.63, 3.8) is 0 Å². The SMILES string of the molecule is CCN(CC(=O)NC(C)C)c1ccc(C=O)c(C)c1.